The first kappa shape index (κ1) is 24.6. The van der Waals surface area contributed by atoms with Crippen molar-refractivity contribution in [1.82, 2.24) is 5.32 Å². The molecule has 182 valence electrons. The van der Waals surface area contributed by atoms with Gasteiger partial charge in [-0.15, -0.1) is 0 Å². The Morgan fingerprint density at radius 1 is 1.08 bits per heavy atom. The molecule has 1 heterocycles. The maximum Gasteiger partial charge on any atom is 0.335 e. The number of ether oxygens (including phenoxy) is 2. The van der Waals surface area contributed by atoms with Crippen LogP contribution in [0, 0.1) is 6.92 Å². The van der Waals surface area contributed by atoms with Crippen LogP contribution in [0.2, 0.25) is 0 Å². The van der Waals surface area contributed by atoms with Crippen molar-refractivity contribution in [2.75, 3.05) is 12.0 Å². The van der Waals surface area contributed by atoms with Crippen LogP contribution in [-0.2, 0) is 16.2 Å². The number of nitrogens with one attached hydrogen (secondary N) is 1. The second kappa shape index (κ2) is 10.4. The molecule has 2 amide bonds. The van der Waals surface area contributed by atoms with Crippen molar-refractivity contribution in [1.29, 1.82) is 0 Å². The van der Waals surface area contributed by atoms with Crippen molar-refractivity contribution in [2.45, 2.75) is 13.5 Å². The van der Waals surface area contributed by atoms with E-state index in [9.17, 15) is 14.4 Å². The number of thiocarbonyl (C=S) groups is 1. The third kappa shape index (κ3) is 5.11. The first-order chi connectivity index (χ1) is 17.3. The summed E-state index contributed by atoms with van der Waals surface area (Å²) >= 11 is 5.27. The molecule has 0 spiro atoms. The van der Waals surface area contributed by atoms with Crippen LogP contribution in [0.3, 0.4) is 0 Å². The molecule has 3 aromatic rings. The smallest absolute Gasteiger partial charge is 0.335 e. The summed E-state index contributed by atoms with van der Waals surface area (Å²) in [5.41, 5.74) is 2.71. The van der Waals surface area contributed by atoms with E-state index < -0.39 is 17.8 Å². The molecule has 0 aliphatic carbocycles. The van der Waals surface area contributed by atoms with Crippen LogP contribution in [0.25, 0.3) is 6.08 Å². The zero-order valence-electron chi connectivity index (χ0n) is 19.5. The van der Waals surface area contributed by atoms with Gasteiger partial charge < -0.3 is 14.6 Å². The number of carbonyl (C=O) groups is 3. The number of benzene rings is 3. The van der Waals surface area contributed by atoms with E-state index in [2.05, 4.69) is 5.32 Å². The van der Waals surface area contributed by atoms with Crippen LogP contribution < -0.4 is 19.7 Å². The lowest BCUT2D eigenvalue weighted by molar-refractivity contribution is -0.122. The highest BCUT2D eigenvalue weighted by atomic mass is 32.1. The summed E-state index contributed by atoms with van der Waals surface area (Å²) in [6.45, 7) is 2.00. The predicted octanol–water partition coefficient (Wildman–Crippen LogP) is 4.11. The molecule has 1 saturated heterocycles. The van der Waals surface area contributed by atoms with Crippen LogP contribution in [-0.4, -0.2) is 35.1 Å². The van der Waals surface area contributed by atoms with Crippen molar-refractivity contribution in [3.05, 3.63) is 94.6 Å². The Morgan fingerprint density at radius 2 is 1.81 bits per heavy atom. The Morgan fingerprint density at radius 3 is 2.47 bits per heavy atom. The zero-order valence-corrected chi connectivity index (χ0v) is 20.3. The van der Waals surface area contributed by atoms with Crippen LogP contribution >= 0.6 is 12.2 Å². The van der Waals surface area contributed by atoms with E-state index in [1.54, 1.807) is 48.5 Å². The lowest BCUT2D eigenvalue weighted by Gasteiger charge is -2.29. The number of amides is 2. The summed E-state index contributed by atoms with van der Waals surface area (Å²) in [5.74, 6) is -1.47. The van der Waals surface area contributed by atoms with E-state index in [1.807, 2.05) is 13.0 Å². The van der Waals surface area contributed by atoms with Gasteiger partial charge in [0.25, 0.3) is 11.8 Å². The number of para-hydroxylation sites is 1. The fourth-order valence-electron chi connectivity index (χ4n) is 3.68. The van der Waals surface area contributed by atoms with E-state index in [1.165, 1.54) is 30.2 Å². The number of anilines is 1. The van der Waals surface area contributed by atoms with Gasteiger partial charge in [-0.2, -0.15) is 0 Å². The van der Waals surface area contributed by atoms with Crippen molar-refractivity contribution in [2.24, 2.45) is 0 Å². The monoisotopic (exact) mass is 502 g/mol. The number of carboxylic acids is 1. The molecular weight excluding hydrogens is 480 g/mol. The Hall–Kier alpha value is -4.50. The average molecular weight is 503 g/mol. The Balaban J connectivity index is 1.67. The Labute approximate surface area is 212 Å². The van der Waals surface area contributed by atoms with Gasteiger partial charge in [0, 0.05) is 5.56 Å². The van der Waals surface area contributed by atoms with E-state index in [-0.39, 0.29) is 22.9 Å². The highest BCUT2D eigenvalue weighted by molar-refractivity contribution is 7.80. The summed E-state index contributed by atoms with van der Waals surface area (Å²) in [6.07, 6.45) is 1.44. The molecular formula is C27H22N2O6S. The van der Waals surface area contributed by atoms with Crippen molar-refractivity contribution >= 4 is 46.9 Å². The molecule has 1 aliphatic rings. The topological polar surface area (TPSA) is 105 Å². The first-order valence-corrected chi connectivity index (χ1v) is 11.3. The molecule has 0 atom stereocenters. The molecule has 3 aromatic carbocycles. The second-order valence-corrected chi connectivity index (χ2v) is 8.35. The molecule has 9 heteroatoms. The van der Waals surface area contributed by atoms with Gasteiger partial charge in [-0.05, 0) is 66.7 Å². The molecule has 1 fully saturated rings. The molecule has 0 unspecified atom stereocenters. The number of carbonyl (C=O) groups excluding carboxylic acids is 2. The summed E-state index contributed by atoms with van der Waals surface area (Å²) in [6, 6.07) is 18.6. The van der Waals surface area contributed by atoms with Crippen LogP contribution in [0.4, 0.5) is 5.69 Å². The highest BCUT2D eigenvalue weighted by Gasteiger charge is 2.34. The van der Waals surface area contributed by atoms with Crippen molar-refractivity contribution in [3.8, 4) is 11.5 Å². The maximum absolute atomic E-state index is 13.4. The number of aromatic carboxylic acids is 1. The van der Waals surface area contributed by atoms with Gasteiger partial charge in [-0.1, -0.05) is 36.4 Å². The Kier molecular flexibility index (Phi) is 7.12. The molecule has 0 bridgehead atoms. The third-order valence-electron chi connectivity index (χ3n) is 5.47. The number of hydrogen-bond donors (Lipinski definition) is 2. The summed E-state index contributed by atoms with van der Waals surface area (Å²) in [7, 11) is 1.48. The Bertz CT molecular complexity index is 1400. The maximum atomic E-state index is 13.4. The minimum Gasteiger partial charge on any atom is -0.493 e. The molecule has 36 heavy (non-hydrogen) atoms. The minimum atomic E-state index is -1.02. The second-order valence-electron chi connectivity index (χ2n) is 7.97. The molecule has 8 nitrogen and oxygen atoms in total. The standard InChI is InChI=1S/C27H22N2O6S/c1-16-5-3-7-20(13-16)29-25(31)21(24(30)28-27(29)36)14-19-6-4-8-22(34-2)23(19)35-15-17-9-11-18(12-10-17)26(32)33/h3-14H,15H2,1-2H3,(H,32,33)(H,28,30,36)/b21-14+. The van der Waals surface area contributed by atoms with Gasteiger partial charge in [0.15, 0.2) is 16.6 Å². The first-order valence-electron chi connectivity index (χ1n) is 10.9. The largest absolute Gasteiger partial charge is 0.493 e. The summed E-state index contributed by atoms with van der Waals surface area (Å²) in [4.78, 5) is 38.5. The number of carboxylic acid groups (broad SMARTS) is 1. The van der Waals surface area contributed by atoms with E-state index in [0.717, 1.165) is 11.1 Å². The van der Waals surface area contributed by atoms with Gasteiger partial charge in [0.05, 0.1) is 18.4 Å². The van der Waals surface area contributed by atoms with Gasteiger partial charge in [0.1, 0.15) is 12.2 Å². The van der Waals surface area contributed by atoms with Crippen LogP contribution in [0.1, 0.15) is 27.0 Å². The summed E-state index contributed by atoms with van der Waals surface area (Å²) in [5, 5.41) is 11.7. The zero-order chi connectivity index (χ0) is 25.8. The average Bonchev–Trinajstić information content (AvgIpc) is 2.85. The van der Waals surface area contributed by atoms with Crippen molar-refractivity contribution < 1.29 is 29.0 Å². The van der Waals surface area contributed by atoms with Gasteiger partial charge in [-0.25, -0.2) is 4.79 Å². The van der Waals surface area contributed by atoms with Gasteiger partial charge in [-0.3, -0.25) is 19.8 Å². The van der Waals surface area contributed by atoms with Crippen molar-refractivity contribution in [3.63, 3.8) is 0 Å². The third-order valence-corrected chi connectivity index (χ3v) is 5.76. The SMILES string of the molecule is COc1cccc(/C=C2\C(=O)NC(=S)N(c3cccc(C)c3)C2=O)c1OCc1ccc(C(=O)O)cc1. The number of methoxy groups -OCH3 is 1. The van der Waals surface area contributed by atoms with Gasteiger partial charge in [0.2, 0.25) is 0 Å². The molecule has 0 aromatic heterocycles. The van der Waals surface area contributed by atoms with Gasteiger partial charge >= 0.3 is 5.97 Å². The number of nitrogens with zero attached hydrogens (tertiary/aromatic N) is 1. The van der Waals surface area contributed by atoms with E-state index in [4.69, 9.17) is 26.8 Å². The minimum absolute atomic E-state index is 0.000302. The highest BCUT2D eigenvalue weighted by Crippen LogP contribution is 2.34. The van der Waals surface area contributed by atoms with E-state index >= 15 is 0 Å². The molecule has 1 aliphatic heterocycles. The number of hydrogen-bond acceptors (Lipinski definition) is 6. The fourth-order valence-corrected chi connectivity index (χ4v) is 3.96. The quantitative estimate of drug-likeness (QED) is 0.285. The lowest BCUT2D eigenvalue weighted by atomic mass is 10.1. The normalized spacial score (nSPS) is 14.6. The molecule has 2 N–H and O–H groups in total. The molecule has 0 radical (unpaired) electrons. The number of rotatable bonds is 7. The number of aryl methyl sites for hydroxylation is 1. The summed E-state index contributed by atoms with van der Waals surface area (Å²) < 4.78 is 11.4. The fraction of sp³-hybridized carbons (Fsp3) is 0.111. The lowest BCUT2D eigenvalue weighted by Crippen LogP contribution is -2.54. The van der Waals surface area contributed by atoms with Crippen LogP contribution in [0.5, 0.6) is 11.5 Å². The molecule has 0 saturated carbocycles. The van der Waals surface area contributed by atoms with E-state index in [0.29, 0.717) is 22.7 Å². The van der Waals surface area contributed by atoms with Crippen LogP contribution in [0.15, 0.2) is 72.3 Å². The predicted molar refractivity (Wildman–Crippen MR) is 138 cm³/mol. The molecule has 4 rings (SSSR count).